The number of amides is 2. The zero-order chi connectivity index (χ0) is 16.3. The maximum Gasteiger partial charge on any atom is 0.277 e. The van der Waals surface area contributed by atoms with Crippen molar-refractivity contribution >= 4 is 39.1 Å². The van der Waals surface area contributed by atoms with E-state index in [0.717, 1.165) is 5.69 Å². The zero-order valence-electron chi connectivity index (χ0n) is 12.3. The minimum atomic E-state index is -0.366. The summed E-state index contributed by atoms with van der Waals surface area (Å²) in [5, 5.41) is 12.0. The van der Waals surface area contributed by atoms with Gasteiger partial charge in [0, 0.05) is 18.3 Å². The first kappa shape index (κ1) is 16.0. The smallest absolute Gasteiger partial charge is 0.277 e. The number of ether oxygens (including phenoxy) is 1. The summed E-state index contributed by atoms with van der Waals surface area (Å²) in [5.41, 5.74) is 2.01. The van der Waals surface area contributed by atoms with Gasteiger partial charge in [0.05, 0.1) is 17.3 Å². The lowest BCUT2D eigenvalue weighted by Crippen LogP contribution is -2.14. The number of hydrogen-bond acceptors (Lipinski definition) is 4. The van der Waals surface area contributed by atoms with Crippen molar-refractivity contribution < 1.29 is 14.3 Å². The number of hydrogen-bond donors (Lipinski definition) is 3. The molecule has 1 aromatic heterocycles. The fourth-order valence-corrected chi connectivity index (χ4v) is 2.19. The molecule has 0 saturated carbocycles. The summed E-state index contributed by atoms with van der Waals surface area (Å²) in [5.74, 6) is -0.0902. The second-order valence-electron chi connectivity index (χ2n) is 4.56. The van der Waals surface area contributed by atoms with Crippen LogP contribution < -0.4 is 15.4 Å². The van der Waals surface area contributed by atoms with E-state index in [0.29, 0.717) is 21.6 Å². The molecule has 0 aliphatic heterocycles. The van der Waals surface area contributed by atoms with Crippen LogP contribution in [0, 0.1) is 6.92 Å². The van der Waals surface area contributed by atoms with Crippen molar-refractivity contribution in [3.05, 3.63) is 34.1 Å². The Kier molecular flexibility index (Phi) is 4.81. The van der Waals surface area contributed by atoms with Gasteiger partial charge < -0.3 is 15.4 Å². The number of H-pyrrole nitrogens is 1. The maximum absolute atomic E-state index is 12.2. The minimum Gasteiger partial charge on any atom is -0.495 e. The third kappa shape index (κ3) is 3.45. The van der Waals surface area contributed by atoms with E-state index < -0.39 is 0 Å². The van der Waals surface area contributed by atoms with Gasteiger partial charge in [-0.15, -0.1) is 0 Å². The number of benzene rings is 1. The van der Waals surface area contributed by atoms with Crippen LogP contribution in [0.1, 0.15) is 23.1 Å². The number of nitrogens with one attached hydrogen (secondary N) is 3. The van der Waals surface area contributed by atoms with Crippen molar-refractivity contribution in [3.63, 3.8) is 0 Å². The molecule has 2 amide bonds. The molecular formula is C14H15BrN4O3. The summed E-state index contributed by atoms with van der Waals surface area (Å²) in [7, 11) is 1.50. The lowest BCUT2D eigenvalue weighted by molar-refractivity contribution is -0.114. The van der Waals surface area contributed by atoms with E-state index in [-0.39, 0.29) is 17.5 Å². The van der Waals surface area contributed by atoms with Crippen molar-refractivity contribution in [1.82, 2.24) is 10.2 Å². The molecule has 0 spiro atoms. The van der Waals surface area contributed by atoms with Gasteiger partial charge in [-0.3, -0.25) is 14.7 Å². The summed E-state index contributed by atoms with van der Waals surface area (Å²) >= 11 is 3.30. The number of methoxy groups -OCH3 is 1. The number of nitrogens with zero attached hydrogens (tertiary/aromatic N) is 1. The maximum atomic E-state index is 12.2. The summed E-state index contributed by atoms with van der Waals surface area (Å²) < 4.78 is 5.77. The minimum absolute atomic E-state index is 0.229. The van der Waals surface area contributed by atoms with Crippen LogP contribution in [-0.4, -0.2) is 29.1 Å². The van der Waals surface area contributed by atoms with E-state index >= 15 is 0 Å². The predicted octanol–water partition coefficient (Wildman–Crippen LogP) is 2.70. The first-order chi connectivity index (χ1) is 10.4. The van der Waals surface area contributed by atoms with E-state index in [1.165, 1.54) is 14.0 Å². The highest BCUT2D eigenvalue weighted by atomic mass is 79.9. The number of aromatic nitrogens is 2. The molecule has 3 N–H and O–H groups in total. The molecule has 0 fully saturated rings. The summed E-state index contributed by atoms with van der Waals surface area (Å²) in [6.45, 7) is 3.20. The number of halogens is 1. The Bertz CT molecular complexity index is 727. The molecule has 0 radical (unpaired) electrons. The molecule has 1 heterocycles. The van der Waals surface area contributed by atoms with Gasteiger partial charge in [0.1, 0.15) is 5.75 Å². The SMILES string of the molecule is COc1ccc(NC(=O)c2n[nH]c(C)c2Br)cc1NC(C)=O. The van der Waals surface area contributed by atoms with Gasteiger partial charge in [-0.05, 0) is 41.1 Å². The monoisotopic (exact) mass is 366 g/mol. The topological polar surface area (TPSA) is 96.1 Å². The van der Waals surface area contributed by atoms with Crippen molar-refractivity contribution in [2.24, 2.45) is 0 Å². The van der Waals surface area contributed by atoms with Gasteiger partial charge in [0.15, 0.2) is 5.69 Å². The van der Waals surface area contributed by atoms with Gasteiger partial charge in [-0.1, -0.05) is 0 Å². The van der Waals surface area contributed by atoms with Crippen molar-refractivity contribution in [1.29, 1.82) is 0 Å². The van der Waals surface area contributed by atoms with E-state index in [4.69, 9.17) is 4.74 Å². The number of anilines is 2. The van der Waals surface area contributed by atoms with Gasteiger partial charge in [0.25, 0.3) is 5.91 Å². The molecular weight excluding hydrogens is 352 g/mol. The van der Waals surface area contributed by atoms with Crippen LogP contribution >= 0.6 is 15.9 Å². The van der Waals surface area contributed by atoms with Crippen LogP contribution in [0.2, 0.25) is 0 Å². The van der Waals surface area contributed by atoms with Gasteiger partial charge in [-0.2, -0.15) is 5.10 Å². The Morgan fingerprint density at radius 2 is 2.05 bits per heavy atom. The Hall–Kier alpha value is -2.35. The Morgan fingerprint density at radius 1 is 1.32 bits per heavy atom. The molecule has 0 unspecified atom stereocenters. The van der Waals surface area contributed by atoms with E-state index in [1.807, 2.05) is 0 Å². The lowest BCUT2D eigenvalue weighted by Gasteiger charge is -2.11. The molecule has 0 aliphatic rings. The van der Waals surface area contributed by atoms with Crippen LogP contribution in [0.15, 0.2) is 22.7 Å². The second-order valence-corrected chi connectivity index (χ2v) is 5.35. The van der Waals surface area contributed by atoms with Gasteiger partial charge >= 0.3 is 0 Å². The summed E-state index contributed by atoms with van der Waals surface area (Å²) in [6, 6.07) is 4.95. The zero-order valence-corrected chi connectivity index (χ0v) is 13.9. The Balaban J connectivity index is 2.24. The van der Waals surface area contributed by atoms with Crippen molar-refractivity contribution in [2.75, 3.05) is 17.7 Å². The number of aromatic amines is 1. The molecule has 116 valence electrons. The van der Waals surface area contributed by atoms with E-state index in [2.05, 4.69) is 36.8 Å². The normalized spacial score (nSPS) is 10.2. The fraction of sp³-hybridized carbons (Fsp3) is 0.214. The standard InChI is InChI=1S/C14H15BrN4O3/c1-7-12(15)13(19-18-7)14(21)17-9-4-5-11(22-3)10(6-9)16-8(2)20/h4-6H,1-3H3,(H,16,20)(H,17,21)(H,18,19). The van der Waals surface area contributed by atoms with Crippen LogP contribution in [-0.2, 0) is 4.79 Å². The van der Waals surface area contributed by atoms with Gasteiger partial charge in [0.2, 0.25) is 5.91 Å². The van der Waals surface area contributed by atoms with Gasteiger partial charge in [-0.25, -0.2) is 0 Å². The van der Waals surface area contributed by atoms with Crippen molar-refractivity contribution in [2.45, 2.75) is 13.8 Å². The number of carbonyl (C=O) groups is 2. The highest BCUT2D eigenvalue weighted by molar-refractivity contribution is 9.10. The highest BCUT2D eigenvalue weighted by Gasteiger charge is 2.16. The summed E-state index contributed by atoms with van der Waals surface area (Å²) in [6.07, 6.45) is 0. The first-order valence-electron chi connectivity index (χ1n) is 6.39. The van der Waals surface area contributed by atoms with Crippen LogP contribution in [0.3, 0.4) is 0 Å². The number of aryl methyl sites for hydroxylation is 1. The third-order valence-corrected chi connectivity index (χ3v) is 3.83. The quantitative estimate of drug-likeness (QED) is 0.774. The molecule has 1 aromatic carbocycles. The molecule has 2 rings (SSSR count). The molecule has 0 atom stereocenters. The molecule has 0 saturated heterocycles. The van der Waals surface area contributed by atoms with Crippen LogP contribution in [0.25, 0.3) is 0 Å². The third-order valence-electron chi connectivity index (χ3n) is 2.86. The molecule has 7 nitrogen and oxygen atoms in total. The highest BCUT2D eigenvalue weighted by Crippen LogP contribution is 2.28. The lowest BCUT2D eigenvalue weighted by atomic mass is 10.2. The molecule has 0 aliphatic carbocycles. The average Bonchev–Trinajstić information content (AvgIpc) is 2.79. The van der Waals surface area contributed by atoms with Crippen molar-refractivity contribution in [3.8, 4) is 5.75 Å². The largest absolute Gasteiger partial charge is 0.495 e. The summed E-state index contributed by atoms with van der Waals surface area (Å²) in [4.78, 5) is 23.4. The number of rotatable bonds is 4. The van der Waals surface area contributed by atoms with E-state index in [1.54, 1.807) is 25.1 Å². The molecule has 0 bridgehead atoms. The van der Waals surface area contributed by atoms with E-state index in [9.17, 15) is 9.59 Å². The van der Waals surface area contributed by atoms with Crippen LogP contribution in [0.4, 0.5) is 11.4 Å². The average molecular weight is 367 g/mol. The second kappa shape index (κ2) is 6.61. The molecule has 2 aromatic rings. The fourth-order valence-electron chi connectivity index (χ4n) is 1.83. The Morgan fingerprint density at radius 3 is 2.59 bits per heavy atom. The Labute approximate surface area is 135 Å². The predicted molar refractivity (Wildman–Crippen MR) is 86.3 cm³/mol. The van der Waals surface area contributed by atoms with Crippen LogP contribution in [0.5, 0.6) is 5.75 Å². The number of carbonyl (C=O) groups excluding carboxylic acids is 2. The molecule has 22 heavy (non-hydrogen) atoms. The first-order valence-corrected chi connectivity index (χ1v) is 7.19. The molecule has 8 heteroatoms.